The maximum atomic E-state index is 12.1. The van der Waals surface area contributed by atoms with Crippen molar-refractivity contribution >= 4 is 15.7 Å². The molecular weight excluding hydrogens is 266 g/mol. The first-order valence-electron chi connectivity index (χ1n) is 5.98. The van der Waals surface area contributed by atoms with Crippen LogP contribution in [0.15, 0.2) is 23.1 Å². The Kier molecular flexibility index (Phi) is 5.16. The van der Waals surface area contributed by atoms with Gasteiger partial charge in [0, 0.05) is 6.04 Å². The zero-order valence-corrected chi connectivity index (χ0v) is 12.2. The predicted molar refractivity (Wildman–Crippen MR) is 75.5 cm³/mol. The lowest BCUT2D eigenvalue weighted by Gasteiger charge is -2.17. The molecule has 1 aromatic rings. The Labute approximate surface area is 114 Å². The minimum Gasteiger partial charge on any atom is -0.506 e. The number of hydrogen-bond donors (Lipinski definition) is 3. The number of nitrogens with zero attached hydrogens (tertiary/aromatic N) is 1. The summed E-state index contributed by atoms with van der Waals surface area (Å²) in [5.41, 5.74) is 5.54. The highest BCUT2D eigenvalue weighted by molar-refractivity contribution is 7.89. The number of phenolic OH excluding ortho intramolecular Hbond substituents is 1. The minimum atomic E-state index is -3.61. The van der Waals surface area contributed by atoms with E-state index in [1.165, 1.54) is 18.2 Å². The zero-order chi connectivity index (χ0) is 14.6. The van der Waals surface area contributed by atoms with Crippen LogP contribution in [-0.4, -0.2) is 45.1 Å². The molecule has 0 aromatic heterocycles. The summed E-state index contributed by atoms with van der Waals surface area (Å²) in [4.78, 5) is 2.04. The Balaban J connectivity index is 2.77. The van der Waals surface area contributed by atoms with Crippen molar-refractivity contribution in [2.75, 3.05) is 26.4 Å². The molecule has 19 heavy (non-hydrogen) atoms. The Hall–Kier alpha value is -1.31. The van der Waals surface area contributed by atoms with E-state index in [1.54, 1.807) is 0 Å². The van der Waals surface area contributed by atoms with Gasteiger partial charge in [-0.1, -0.05) is 0 Å². The summed E-state index contributed by atoms with van der Waals surface area (Å²) in [6.45, 7) is 2.60. The molecule has 0 fully saturated rings. The van der Waals surface area contributed by atoms with E-state index in [4.69, 9.17) is 5.73 Å². The van der Waals surface area contributed by atoms with E-state index >= 15 is 0 Å². The Morgan fingerprint density at radius 2 is 2.05 bits per heavy atom. The number of sulfonamides is 1. The molecule has 1 unspecified atom stereocenters. The second kappa shape index (κ2) is 6.23. The van der Waals surface area contributed by atoms with Gasteiger partial charge in [-0.3, -0.25) is 0 Å². The smallest absolute Gasteiger partial charge is 0.240 e. The maximum Gasteiger partial charge on any atom is 0.240 e. The third-order valence-corrected chi connectivity index (χ3v) is 4.26. The van der Waals surface area contributed by atoms with E-state index in [1.807, 2.05) is 25.9 Å². The van der Waals surface area contributed by atoms with Crippen molar-refractivity contribution in [1.82, 2.24) is 9.62 Å². The van der Waals surface area contributed by atoms with Crippen LogP contribution in [0, 0.1) is 0 Å². The van der Waals surface area contributed by atoms with Crippen molar-refractivity contribution in [3.8, 4) is 5.75 Å². The molecule has 6 nitrogen and oxygen atoms in total. The van der Waals surface area contributed by atoms with Gasteiger partial charge in [-0.25, -0.2) is 13.1 Å². The van der Waals surface area contributed by atoms with Crippen LogP contribution in [0.1, 0.15) is 13.3 Å². The van der Waals surface area contributed by atoms with Crippen molar-refractivity contribution in [1.29, 1.82) is 0 Å². The van der Waals surface area contributed by atoms with Crippen molar-refractivity contribution in [3.63, 3.8) is 0 Å². The van der Waals surface area contributed by atoms with Gasteiger partial charge < -0.3 is 15.7 Å². The molecular formula is C12H21N3O3S. The molecule has 0 radical (unpaired) electrons. The predicted octanol–water partition coefficient (Wildman–Crippen LogP) is 0.593. The summed E-state index contributed by atoms with van der Waals surface area (Å²) in [7, 11) is 0.259. The van der Waals surface area contributed by atoms with Gasteiger partial charge in [0.25, 0.3) is 0 Å². The monoisotopic (exact) mass is 287 g/mol. The van der Waals surface area contributed by atoms with Gasteiger partial charge in [0.05, 0.1) is 10.6 Å². The molecule has 0 saturated carbocycles. The summed E-state index contributed by atoms with van der Waals surface area (Å²) in [5.74, 6) is -0.125. The largest absolute Gasteiger partial charge is 0.506 e. The van der Waals surface area contributed by atoms with Crippen molar-refractivity contribution in [2.24, 2.45) is 0 Å². The van der Waals surface area contributed by atoms with Gasteiger partial charge in [0.1, 0.15) is 5.75 Å². The molecule has 0 bridgehead atoms. The first-order valence-corrected chi connectivity index (χ1v) is 7.46. The second-order valence-corrected chi connectivity index (χ2v) is 6.55. The highest BCUT2D eigenvalue weighted by atomic mass is 32.2. The van der Waals surface area contributed by atoms with E-state index in [0.29, 0.717) is 6.42 Å². The van der Waals surface area contributed by atoms with Gasteiger partial charge in [-0.2, -0.15) is 0 Å². The third kappa shape index (κ3) is 4.70. The second-order valence-electron chi connectivity index (χ2n) is 4.83. The number of aromatic hydroxyl groups is 1. The average molecular weight is 287 g/mol. The summed E-state index contributed by atoms with van der Waals surface area (Å²) in [6.07, 6.45) is 0.708. The van der Waals surface area contributed by atoms with Crippen molar-refractivity contribution in [2.45, 2.75) is 24.3 Å². The Bertz CT molecular complexity index is 529. The molecule has 0 amide bonds. The first-order chi connectivity index (χ1) is 8.72. The molecule has 0 heterocycles. The molecule has 108 valence electrons. The zero-order valence-electron chi connectivity index (χ0n) is 11.4. The van der Waals surface area contributed by atoms with E-state index in [2.05, 4.69) is 4.72 Å². The molecule has 4 N–H and O–H groups in total. The van der Waals surface area contributed by atoms with E-state index in [9.17, 15) is 13.5 Å². The van der Waals surface area contributed by atoms with E-state index in [-0.39, 0.29) is 22.4 Å². The Morgan fingerprint density at radius 1 is 1.42 bits per heavy atom. The first kappa shape index (κ1) is 15.7. The molecule has 1 rings (SSSR count). The van der Waals surface area contributed by atoms with E-state index < -0.39 is 10.0 Å². The van der Waals surface area contributed by atoms with Crippen LogP contribution in [0.4, 0.5) is 5.69 Å². The molecule has 0 aliphatic rings. The molecule has 0 spiro atoms. The van der Waals surface area contributed by atoms with Crippen LogP contribution in [-0.2, 0) is 10.0 Å². The Morgan fingerprint density at radius 3 is 2.58 bits per heavy atom. The normalized spacial score (nSPS) is 13.7. The summed E-state index contributed by atoms with van der Waals surface area (Å²) in [5, 5.41) is 9.29. The van der Waals surface area contributed by atoms with Crippen LogP contribution in [0.25, 0.3) is 0 Å². The molecule has 1 atom stereocenters. The average Bonchev–Trinajstić information content (AvgIpc) is 2.29. The molecule has 1 aromatic carbocycles. The molecule has 7 heteroatoms. The van der Waals surface area contributed by atoms with Gasteiger partial charge >= 0.3 is 0 Å². The lowest BCUT2D eigenvalue weighted by molar-refractivity contribution is 0.379. The molecule has 0 aliphatic heterocycles. The summed E-state index contributed by atoms with van der Waals surface area (Å²) in [6, 6.07) is 3.67. The minimum absolute atomic E-state index is 0.0452. The maximum absolute atomic E-state index is 12.1. The fraction of sp³-hybridized carbons (Fsp3) is 0.500. The standard InChI is InChI=1S/C12H21N3O3S/c1-9(6-7-15(2)3)14-19(17,18)10-4-5-12(16)11(13)8-10/h4-5,8-9,14,16H,6-7,13H2,1-3H3. The lowest BCUT2D eigenvalue weighted by atomic mass is 10.2. The fourth-order valence-electron chi connectivity index (χ4n) is 1.54. The lowest BCUT2D eigenvalue weighted by Crippen LogP contribution is -2.34. The highest BCUT2D eigenvalue weighted by Crippen LogP contribution is 2.23. The molecule has 0 saturated heterocycles. The van der Waals surface area contributed by atoms with Crippen LogP contribution in [0.3, 0.4) is 0 Å². The number of anilines is 1. The summed E-state index contributed by atoms with van der Waals surface area (Å²) >= 11 is 0. The van der Waals surface area contributed by atoms with Crippen LogP contribution < -0.4 is 10.5 Å². The topological polar surface area (TPSA) is 95.7 Å². The van der Waals surface area contributed by atoms with E-state index in [0.717, 1.165) is 6.54 Å². The molecule has 0 aliphatic carbocycles. The fourth-order valence-corrected chi connectivity index (χ4v) is 2.86. The quantitative estimate of drug-likeness (QED) is 0.526. The number of nitrogens with two attached hydrogens (primary N) is 1. The highest BCUT2D eigenvalue weighted by Gasteiger charge is 2.18. The van der Waals surface area contributed by atoms with Gasteiger partial charge in [0.15, 0.2) is 0 Å². The van der Waals surface area contributed by atoms with Crippen LogP contribution >= 0.6 is 0 Å². The number of phenols is 1. The van der Waals surface area contributed by atoms with Gasteiger partial charge in [-0.05, 0) is 52.2 Å². The van der Waals surface area contributed by atoms with Crippen LogP contribution in [0.2, 0.25) is 0 Å². The third-order valence-electron chi connectivity index (χ3n) is 2.67. The number of rotatable bonds is 6. The van der Waals surface area contributed by atoms with Crippen LogP contribution in [0.5, 0.6) is 5.75 Å². The summed E-state index contributed by atoms with van der Waals surface area (Å²) < 4.78 is 26.8. The number of benzene rings is 1. The van der Waals surface area contributed by atoms with Crippen molar-refractivity contribution < 1.29 is 13.5 Å². The number of hydrogen-bond acceptors (Lipinski definition) is 5. The van der Waals surface area contributed by atoms with Crippen molar-refractivity contribution in [3.05, 3.63) is 18.2 Å². The van der Waals surface area contributed by atoms with Gasteiger partial charge in [-0.15, -0.1) is 0 Å². The SMILES string of the molecule is CC(CCN(C)C)NS(=O)(=O)c1ccc(O)c(N)c1. The number of nitrogen functional groups attached to an aromatic ring is 1. The number of nitrogens with one attached hydrogen (secondary N) is 1. The van der Waals surface area contributed by atoms with Gasteiger partial charge in [0.2, 0.25) is 10.0 Å².